The maximum Gasteiger partial charge on any atom is 0.312 e. The fourth-order valence-corrected chi connectivity index (χ4v) is 5.84. The van der Waals surface area contributed by atoms with E-state index in [0.717, 1.165) is 25.7 Å². The second-order valence-corrected chi connectivity index (χ2v) is 8.41. The largest absolute Gasteiger partial charge is 0.466 e. The van der Waals surface area contributed by atoms with E-state index in [1.54, 1.807) is 6.92 Å². The summed E-state index contributed by atoms with van der Waals surface area (Å²) in [5, 5.41) is 12.6. The van der Waals surface area contributed by atoms with Crippen molar-refractivity contribution < 1.29 is 29.0 Å². The Morgan fingerprint density at radius 2 is 2.04 bits per heavy atom. The SMILES string of the molecule is CCOC(=O)[C@@H]1[C@@H]2CCC3(O2)C(C(=O)NC2CCCCC2)N(CCO)C(=O)[C@H]13. The molecule has 1 saturated carbocycles. The van der Waals surface area contributed by atoms with Crippen molar-refractivity contribution in [2.75, 3.05) is 19.8 Å². The van der Waals surface area contributed by atoms with Crippen LogP contribution in [0.25, 0.3) is 0 Å². The van der Waals surface area contributed by atoms with Crippen LogP contribution in [0, 0.1) is 11.8 Å². The number of ether oxygens (including phenoxy) is 2. The number of carbonyl (C=O) groups excluding carboxylic acids is 3. The van der Waals surface area contributed by atoms with Crippen molar-refractivity contribution in [2.45, 2.75) is 75.7 Å². The van der Waals surface area contributed by atoms with Gasteiger partial charge in [-0.3, -0.25) is 14.4 Å². The summed E-state index contributed by atoms with van der Waals surface area (Å²) in [7, 11) is 0. The lowest BCUT2D eigenvalue weighted by molar-refractivity contribution is -0.154. The van der Waals surface area contributed by atoms with E-state index in [1.807, 2.05) is 0 Å². The van der Waals surface area contributed by atoms with Crippen LogP contribution in [0.2, 0.25) is 0 Å². The minimum Gasteiger partial charge on any atom is -0.466 e. The number of β-amino-alcohol motifs (C(OH)–C–C–N with tert-alkyl or cyclic N) is 1. The summed E-state index contributed by atoms with van der Waals surface area (Å²) in [6, 6.07) is -0.689. The lowest BCUT2D eigenvalue weighted by Crippen LogP contribution is -2.57. The Morgan fingerprint density at radius 1 is 1.29 bits per heavy atom. The van der Waals surface area contributed by atoms with Gasteiger partial charge in [-0.2, -0.15) is 0 Å². The summed E-state index contributed by atoms with van der Waals surface area (Å²) < 4.78 is 11.4. The lowest BCUT2D eigenvalue weighted by atomic mass is 9.70. The van der Waals surface area contributed by atoms with Gasteiger partial charge in [0.15, 0.2) is 0 Å². The van der Waals surface area contributed by atoms with Crippen molar-refractivity contribution in [3.63, 3.8) is 0 Å². The van der Waals surface area contributed by atoms with Gasteiger partial charge >= 0.3 is 5.97 Å². The Kier molecular flexibility index (Phi) is 5.35. The number of nitrogens with one attached hydrogen (secondary N) is 1. The molecule has 3 saturated heterocycles. The highest BCUT2D eigenvalue weighted by Gasteiger charge is 2.74. The van der Waals surface area contributed by atoms with E-state index in [4.69, 9.17) is 9.47 Å². The molecule has 1 aliphatic carbocycles. The van der Waals surface area contributed by atoms with Gasteiger partial charge < -0.3 is 24.8 Å². The fourth-order valence-electron chi connectivity index (χ4n) is 5.84. The fraction of sp³-hybridized carbons (Fsp3) is 0.850. The number of aliphatic hydroxyl groups is 1. The molecule has 4 aliphatic rings. The third-order valence-electron chi connectivity index (χ3n) is 6.90. The highest BCUT2D eigenvalue weighted by Crippen LogP contribution is 2.58. The van der Waals surface area contributed by atoms with Crippen molar-refractivity contribution >= 4 is 17.8 Å². The molecule has 0 aromatic rings. The normalized spacial score (nSPS) is 37.2. The summed E-state index contributed by atoms with van der Waals surface area (Å²) >= 11 is 0. The first-order chi connectivity index (χ1) is 13.5. The first kappa shape index (κ1) is 19.6. The number of likely N-dealkylation sites (tertiary alicyclic amines) is 1. The molecule has 4 rings (SSSR count). The molecule has 2 unspecified atom stereocenters. The number of fused-ring (bicyclic) bond motifs is 1. The van der Waals surface area contributed by atoms with Gasteiger partial charge in [0.25, 0.3) is 0 Å². The molecule has 28 heavy (non-hydrogen) atoms. The molecular formula is C20H30N2O6. The molecule has 4 fully saturated rings. The summed E-state index contributed by atoms with van der Waals surface area (Å²) in [4.78, 5) is 40.5. The Bertz CT molecular complexity index is 649. The topological polar surface area (TPSA) is 105 Å². The highest BCUT2D eigenvalue weighted by atomic mass is 16.6. The summed E-state index contributed by atoms with van der Waals surface area (Å²) in [6.07, 6.45) is 6.06. The predicted molar refractivity (Wildman–Crippen MR) is 98.1 cm³/mol. The molecular weight excluding hydrogens is 364 g/mol. The van der Waals surface area contributed by atoms with Gasteiger partial charge in [-0.15, -0.1) is 0 Å². The van der Waals surface area contributed by atoms with E-state index >= 15 is 0 Å². The first-order valence-electron chi connectivity index (χ1n) is 10.6. The molecule has 5 atom stereocenters. The third-order valence-corrected chi connectivity index (χ3v) is 6.90. The molecule has 2 N–H and O–H groups in total. The third kappa shape index (κ3) is 2.92. The van der Waals surface area contributed by atoms with E-state index < -0.39 is 29.4 Å². The maximum absolute atomic E-state index is 13.3. The Labute approximate surface area is 164 Å². The van der Waals surface area contributed by atoms with Crippen LogP contribution >= 0.6 is 0 Å². The zero-order valence-electron chi connectivity index (χ0n) is 16.4. The lowest BCUT2D eigenvalue weighted by Gasteiger charge is -2.35. The van der Waals surface area contributed by atoms with E-state index in [2.05, 4.69) is 5.32 Å². The van der Waals surface area contributed by atoms with Crippen LogP contribution in [-0.2, 0) is 23.9 Å². The number of hydrogen-bond acceptors (Lipinski definition) is 6. The van der Waals surface area contributed by atoms with Gasteiger partial charge in [-0.1, -0.05) is 19.3 Å². The van der Waals surface area contributed by atoms with E-state index in [9.17, 15) is 19.5 Å². The second kappa shape index (κ2) is 7.63. The molecule has 0 aromatic carbocycles. The number of rotatable bonds is 6. The van der Waals surface area contributed by atoms with Crippen LogP contribution in [0.4, 0.5) is 0 Å². The number of nitrogens with zero attached hydrogens (tertiary/aromatic N) is 1. The number of carbonyl (C=O) groups is 3. The number of hydrogen-bond donors (Lipinski definition) is 2. The Balaban J connectivity index is 1.62. The zero-order valence-corrected chi connectivity index (χ0v) is 16.4. The molecule has 8 heteroatoms. The van der Waals surface area contributed by atoms with Crippen molar-refractivity contribution in [1.29, 1.82) is 0 Å². The van der Waals surface area contributed by atoms with E-state index in [0.29, 0.717) is 12.8 Å². The molecule has 156 valence electrons. The molecule has 0 aromatic heterocycles. The summed E-state index contributed by atoms with van der Waals surface area (Å²) in [6.45, 7) is 1.79. The van der Waals surface area contributed by atoms with Gasteiger partial charge in [0.2, 0.25) is 11.8 Å². The van der Waals surface area contributed by atoms with Crippen molar-refractivity contribution in [3.05, 3.63) is 0 Å². The smallest absolute Gasteiger partial charge is 0.312 e. The minimum absolute atomic E-state index is 0.0589. The van der Waals surface area contributed by atoms with Crippen molar-refractivity contribution in [3.8, 4) is 0 Å². The van der Waals surface area contributed by atoms with Crippen molar-refractivity contribution in [2.24, 2.45) is 11.8 Å². The summed E-state index contributed by atoms with van der Waals surface area (Å²) in [5.41, 5.74) is -0.993. The van der Waals surface area contributed by atoms with E-state index in [-0.39, 0.29) is 43.7 Å². The van der Waals surface area contributed by atoms with Gasteiger partial charge in [0, 0.05) is 12.6 Å². The second-order valence-electron chi connectivity index (χ2n) is 8.41. The molecule has 0 radical (unpaired) electrons. The first-order valence-corrected chi connectivity index (χ1v) is 10.6. The number of esters is 1. The molecule has 1 spiro atoms. The molecule has 3 aliphatic heterocycles. The highest BCUT2D eigenvalue weighted by molar-refractivity contribution is 5.98. The molecule has 2 amide bonds. The van der Waals surface area contributed by atoms with E-state index in [1.165, 1.54) is 11.3 Å². The van der Waals surface area contributed by atoms with Gasteiger partial charge in [-0.25, -0.2) is 0 Å². The number of aliphatic hydroxyl groups excluding tert-OH is 1. The monoisotopic (exact) mass is 394 g/mol. The van der Waals surface area contributed by atoms with Gasteiger partial charge in [-0.05, 0) is 32.6 Å². The standard InChI is InChI=1S/C20H30N2O6/c1-2-27-19(26)14-13-8-9-20(28-13)15(14)18(25)22(10-11-23)16(20)17(24)21-12-6-4-3-5-7-12/h12-16,23H,2-11H2,1H3,(H,21,24)/t13-,14+,15-,16?,20?/m0/s1. The van der Waals surface area contributed by atoms with Gasteiger partial charge in [0.05, 0.1) is 31.2 Å². The Morgan fingerprint density at radius 3 is 2.71 bits per heavy atom. The van der Waals surface area contributed by atoms with Crippen molar-refractivity contribution in [1.82, 2.24) is 10.2 Å². The average Bonchev–Trinajstić information content (AvgIpc) is 3.31. The average molecular weight is 394 g/mol. The molecule has 2 bridgehead atoms. The predicted octanol–water partition coefficient (Wildman–Crippen LogP) is 0.365. The van der Waals surface area contributed by atoms with Crippen LogP contribution in [-0.4, -0.2) is 71.3 Å². The maximum atomic E-state index is 13.3. The van der Waals surface area contributed by atoms with Crippen LogP contribution < -0.4 is 5.32 Å². The molecule has 3 heterocycles. The van der Waals surface area contributed by atoms with Gasteiger partial charge in [0.1, 0.15) is 11.6 Å². The van der Waals surface area contributed by atoms with Crippen LogP contribution in [0.5, 0.6) is 0 Å². The summed E-state index contributed by atoms with van der Waals surface area (Å²) in [5.74, 6) is -2.31. The van der Waals surface area contributed by atoms with Crippen LogP contribution in [0.3, 0.4) is 0 Å². The Hall–Kier alpha value is -1.67. The zero-order chi connectivity index (χ0) is 19.9. The minimum atomic E-state index is -0.993. The quantitative estimate of drug-likeness (QED) is 0.631. The van der Waals surface area contributed by atoms with Crippen LogP contribution in [0.1, 0.15) is 51.9 Å². The molecule has 8 nitrogen and oxygen atoms in total. The van der Waals surface area contributed by atoms with Crippen LogP contribution in [0.15, 0.2) is 0 Å². The number of amides is 2.